The number of carbonyl (C=O) groups is 5. The average molecular weight is 706 g/mol. The van der Waals surface area contributed by atoms with Crippen LogP contribution in [0.25, 0.3) is 0 Å². The standard InChI is InChI=1S/C31H27BrCl2N2O8/c1-14(37)15-4-6-17(7-5-15)36-26(39)19-9-8-18-20(23(19)27(36)40)12-30(33)28(41)35(13-32)29(42)31(30,34)24(18)16-10-21(43-2)25(38)22(11-16)44-3/h4-8,10-11,19-20,23-24,38H,9,12-13H2,1-3H3/t19-,20+,23-,24-,30+,31-/m0/s1. The zero-order valence-electron chi connectivity index (χ0n) is 23.8. The lowest BCUT2D eigenvalue weighted by atomic mass is 9.56. The van der Waals surface area contributed by atoms with E-state index in [1.165, 1.54) is 33.3 Å². The zero-order valence-corrected chi connectivity index (χ0v) is 26.9. The number of methoxy groups -OCH3 is 2. The van der Waals surface area contributed by atoms with Crippen LogP contribution in [0, 0.1) is 17.8 Å². The number of amides is 4. The number of benzene rings is 2. The monoisotopic (exact) mass is 704 g/mol. The molecule has 230 valence electrons. The number of likely N-dealkylation sites (tertiary alicyclic amines) is 1. The number of imide groups is 2. The first-order valence-corrected chi connectivity index (χ1v) is 15.7. The van der Waals surface area contributed by atoms with E-state index in [9.17, 15) is 29.1 Å². The van der Waals surface area contributed by atoms with Crippen molar-refractivity contribution in [3.63, 3.8) is 0 Å². The van der Waals surface area contributed by atoms with E-state index >= 15 is 0 Å². The van der Waals surface area contributed by atoms with Crippen LogP contribution in [0.15, 0.2) is 48.0 Å². The fourth-order valence-corrected chi connectivity index (χ4v) is 8.73. The van der Waals surface area contributed by atoms with Crippen molar-refractivity contribution in [3.8, 4) is 17.2 Å². The molecule has 13 heteroatoms. The van der Waals surface area contributed by atoms with Crippen LogP contribution < -0.4 is 14.4 Å². The Labute approximate surface area is 271 Å². The van der Waals surface area contributed by atoms with Crippen LogP contribution in [-0.4, -0.2) is 68.8 Å². The molecule has 2 saturated heterocycles. The summed E-state index contributed by atoms with van der Waals surface area (Å²) >= 11 is 17.7. The van der Waals surface area contributed by atoms with Crippen LogP contribution in [0.2, 0.25) is 0 Å². The van der Waals surface area contributed by atoms with Crippen molar-refractivity contribution >= 4 is 74.2 Å². The maximum absolute atomic E-state index is 14.1. The molecule has 2 aromatic carbocycles. The SMILES string of the molecule is COc1cc([C@H]2C3=CC[C@@H]4C(=O)N(c5ccc(C(C)=O)cc5)C(=O)[C@@H]4[C@@H]3C[C@@]3(Cl)C(=O)N(CBr)C(=O)[C@@]23Cl)cc(OC)c1O. The van der Waals surface area contributed by atoms with Gasteiger partial charge in [0.1, 0.15) is 0 Å². The highest BCUT2D eigenvalue weighted by atomic mass is 79.9. The Morgan fingerprint density at radius 1 is 1.00 bits per heavy atom. The minimum Gasteiger partial charge on any atom is -0.502 e. The second-order valence-electron chi connectivity index (χ2n) is 11.4. The van der Waals surface area contributed by atoms with Gasteiger partial charge in [-0.25, -0.2) is 0 Å². The fourth-order valence-electron chi connectivity index (χ4n) is 7.31. The topological polar surface area (TPSA) is 131 Å². The summed E-state index contributed by atoms with van der Waals surface area (Å²) in [5.41, 5.74) is 1.56. The normalized spacial score (nSPS) is 31.0. The number of alkyl halides is 3. The first-order valence-electron chi connectivity index (χ1n) is 13.8. The molecule has 2 aliphatic heterocycles. The smallest absolute Gasteiger partial charge is 0.254 e. The van der Waals surface area contributed by atoms with Gasteiger partial charge in [0.15, 0.2) is 27.0 Å². The van der Waals surface area contributed by atoms with Crippen LogP contribution in [0.1, 0.15) is 41.6 Å². The van der Waals surface area contributed by atoms with Gasteiger partial charge in [-0.15, -0.1) is 23.2 Å². The van der Waals surface area contributed by atoms with Gasteiger partial charge in [-0.3, -0.25) is 33.8 Å². The number of ketones is 1. The highest BCUT2D eigenvalue weighted by Gasteiger charge is 2.76. The molecule has 44 heavy (non-hydrogen) atoms. The molecule has 0 bridgehead atoms. The van der Waals surface area contributed by atoms with Gasteiger partial charge in [0.25, 0.3) is 11.8 Å². The molecule has 4 amide bonds. The number of nitrogens with zero attached hydrogens (tertiary/aromatic N) is 2. The Balaban J connectivity index is 1.52. The van der Waals surface area contributed by atoms with Gasteiger partial charge in [0.2, 0.25) is 17.6 Å². The van der Waals surface area contributed by atoms with E-state index in [1.54, 1.807) is 24.3 Å². The number of ether oxygens (including phenoxy) is 2. The third kappa shape index (κ3) is 3.94. The Kier molecular flexibility index (Phi) is 7.37. The van der Waals surface area contributed by atoms with Gasteiger partial charge in [0.05, 0.1) is 37.2 Å². The molecule has 6 rings (SSSR count). The first-order chi connectivity index (χ1) is 20.8. The maximum atomic E-state index is 14.1. The first kappa shape index (κ1) is 30.6. The van der Waals surface area contributed by atoms with E-state index in [0.717, 1.165) is 9.80 Å². The number of hydrogen-bond donors (Lipinski definition) is 1. The quantitative estimate of drug-likeness (QED) is 0.153. The van der Waals surface area contributed by atoms with E-state index in [-0.39, 0.29) is 41.3 Å². The van der Waals surface area contributed by atoms with Crippen molar-refractivity contribution in [1.82, 2.24) is 4.90 Å². The minimum atomic E-state index is -2.02. The summed E-state index contributed by atoms with van der Waals surface area (Å²) in [6.45, 7) is 1.42. The molecule has 2 aliphatic carbocycles. The molecule has 4 aliphatic rings. The molecule has 3 fully saturated rings. The predicted octanol–water partition coefficient (Wildman–Crippen LogP) is 4.53. The van der Waals surface area contributed by atoms with Gasteiger partial charge in [-0.05, 0) is 67.6 Å². The van der Waals surface area contributed by atoms with Crippen LogP contribution in [0.4, 0.5) is 5.69 Å². The Bertz CT molecular complexity index is 1650. The number of carbonyl (C=O) groups excluding carboxylic acids is 5. The van der Waals surface area contributed by atoms with E-state index in [1.807, 2.05) is 6.08 Å². The molecule has 10 nitrogen and oxygen atoms in total. The average Bonchev–Trinajstić information content (AvgIpc) is 3.34. The van der Waals surface area contributed by atoms with Crippen LogP contribution in [-0.2, 0) is 19.2 Å². The molecule has 1 N–H and O–H groups in total. The Morgan fingerprint density at radius 2 is 1.61 bits per heavy atom. The number of rotatable bonds is 6. The molecule has 2 heterocycles. The summed E-state index contributed by atoms with van der Waals surface area (Å²) in [6.07, 6.45) is 1.82. The number of halogens is 3. The molecular formula is C31H27BrCl2N2O8. The number of aromatic hydroxyl groups is 1. The van der Waals surface area contributed by atoms with E-state index < -0.39 is 57.0 Å². The van der Waals surface area contributed by atoms with Crippen LogP contribution >= 0.6 is 39.1 Å². The van der Waals surface area contributed by atoms with Crippen molar-refractivity contribution < 1.29 is 38.6 Å². The minimum absolute atomic E-state index is 0.0395. The summed E-state index contributed by atoms with van der Waals surface area (Å²) in [5.74, 6) is -6.08. The summed E-state index contributed by atoms with van der Waals surface area (Å²) in [7, 11) is 2.71. The molecule has 0 aromatic heterocycles. The molecule has 0 spiro atoms. The number of hydrogen-bond acceptors (Lipinski definition) is 8. The van der Waals surface area contributed by atoms with E-state index in [0.29, 0.717) is 22.4 Å². The fraction of sp³-hybridized carbons (Fsp3) is 0.387. The lowest BCUT2D eigenvalue weighted by molar-refractivity contribution is -0.138. The molecule has 1 saturated carbocycles. The number of Topliss-reactive ketones (excluding diaryl/α,β-unsaturated/α-hetero) is 1. The van der Waals surface area contributed by atoms with E-state index in [2.05, 4.69) is 15.9 Å². The van der Waals surface area contributed by atoms with Crippen molar-refractivity contribution in [2.45, 2.75) is 35.4 Å². The number of fused-ring (bicyclic) bond motifs is 4. The number of anilines is 1. The predicted molar refractivity (Wildman–Crippen MR) is 163 cm³/mol. The second kappa shape index (κ2) is 10.6. The number of phenols is 1. The van der Waals surface area contributed by atoms with Crippen molar-refractivity contribution in [2.75, 3.05) is 24.6 Å². The summed E-state index contributed by atoms with van der Waals surface area (Å²) in [4.78, 5) is 65.5. The lowest BCUT2D eigenvalue weighted by Crippen LogP contribution is -2.60. The third-order valence-electron chi connectivity index (χ3n) is 9.38. The summed E-state index contributed by atoms with van der Waals surface area (Å²) < 4.78 is 10.8. The molecule has 2 aromatic rings. The number of phenolic OH excluding ortho intramolecular Hbond substituents is 1. The van der Waals surface area contributed by atoms with Gasteiger partial charge < -0.3 is 14.6 Å². The Morgan fingerprint density at radius 3 is 2.16 bits per heavy atom. The summed E-state index contributed by atoms with van der Waals surface area (Å²) in [5, 5.41) is 10.6. The Hall–Kier alpha value is -3.41. The van der Waals surface area contributed by atoms with Crippen molar-refractivity contribution in [1.29, 1.82) is 0 Å². The number of allylic oxidation sites excluding steroid dienone is 2. The largest absolute Gasteiger partial charge is 0.502 e. The van der Waals surface area contributed by atoms with Crippen molar-refractivity contribution in [2.24, 2.45) is 17.8 Å². The van der Waals surface area contributed by atoms with Crippen LogP contribution in [0.5, 0.6) is 17.2 Å². The maximum Gasteiger partial charge on any atom is 0.254 e. The lowest BCUT2D eigenvalue weighted by Gasteiger charge is -2.50. The second-order valence-corrected chi connectivity index (χ2v) is 13.1. The molecule has 0 radical (unpaired) electrons. The summed E-state index contributed by atoms with van der Waals surface area (Å²) in [6, 6.07) is 9.21. The van der Waals surface area contributed by atoms with E-state index in [4.69, 9.17) is 32.7 Å². The van der Waals surface area contributed by atoms with Gasteiger partial charge in [-0.2, -0.15) is 0 Å². The highest BCUT2D eigenvalue weighted by Crippen LogP contribution is 2.66. The van der Waals surface area contributed by atoms with Crippen LogP contribution in [0.3, 0.4) is 0 Å². The zero-order chi connectivity index (χ0) is 31.9. The molecular weight excluding hydrogens is 679 g/mol. The van der Waals surface area contributed by atoms with Crippen molar-refractivity contribution in [3.05, 3.63) is 59.2 Å². The molecule has 6 atom stereocenters. The highest BCUT2D eigenvalue weighted by molar-refractivity contribution is 9.09. The molecule has 0 unspecified atom stereocenters. The van der Waals surface area contributed by atoms with Gasteiger partial charge in [0, 0.05) is 11.5 Å². The third-order valence-corrected chi connectivity index (χ3v) is 11.3. The van der Waals surface area contributed by atoms with Gasteiger partial charge in [-0.1, -0.05) is 27.6 Å². The van der Waals surface area contributed by atoms with Gasteiger partial charge >= 0.3 is 0 Å².